The lowest BCUT2D eigenvalue weighted by Gasteiger charge is -2.24. The van der Waals surface area contributed by atoms with Crippen molar-refractivity contribution in [2.24, 2.45) is 10.9 Å². The van der Waals surface area contributed by atoms with Gasteiger partial charge in [0.15, 0.2) is 0 Å². The van der Waals surface area contributed by atoms with E-state index in [4.69, 9.17) is 15.7 Å². The van der Waals surface area contributed by atoms with Crippen LogP contribution in [0.15, 0.2) is 5.16 Å². The molecule has 6 nitrogen and oxygen atoms in total. The van der Waals surface area contributed by atoms with E-state index in [1.165, 1.54) is 0 Å². The molecule has 0 spiro atoms. The average molecular weight is 243 g/mol. The molecule has 1 amide bonds. The van der Waals surface area contributed by atoms with Gasteiger partial charge in [0, 0.05) is 26.6 Å². The number of hydrogen-bond donors (Lipinski definition) is 2. The lowest BCUT2D eigenvalue weighted by molar-refractivity contribution is -0.133. The highest BCUT2D eigenvalue weighted by Gasteiger charge is 2.19. The van der Waals surface area contributed by atoms with Crippen LogP contribution >= 0.6 is 0 Å². The van der Waals surface area contributed by atoms with Gasteiger partial charge in [-0.1, -0.05) is 5.16 Å². The van der Waals surface area contributed by atoms with Crippen LogP contribution in [0.2, 0.25) is 0 Å². The third-order valence-corrected chi connectivity index (χ3v) is 2.93. The van der Waals surface area contributed by atoms with Crippen molar-refractivity contribution < 1.29 is 14.7 Å². The Bertz CT molecular complexity index is 275. The minimum Gasteiger partial charge on any atom is -0.409 e. The minimum absolute atomic E-state index is 0.0441. The number of oxime groups is 1. The molecule has 0 aliphatic carbocycles. The highest BCUT2D eigenvalue weighted by molar-refractivity contribution is 5.81. The van der Waals surface area contributed by atoms with E-state index in [1.54, 1.807) is 11.9 Å². The van der Waals surface area contributed by atoms with Crippen molar-refractivity contribution in [3.63, 3.8) is 0 Å². The highest BCUT2D eigenvalue weighted by atomic mass is 16.5. The van der Waals surface area contributed by atoms with Crippen LogP contribution in [-0.4, -0.2) is 48.2 Å². The Labute approximate surface area is 101 Å². The first-order valence-electron chi connectivity index (χ1n) is 5.95. The molecule has 1 unspecified atom stereocenters. The van der Waals surface area contributed by atoms with Gasteiger partial charge in [0.25, 0.3) is 0 Å². The number of hydrogen-bond acceptors (Lipinski definition) is 4. The quantitative estimate of drug-likeness (QED) is 0.319. The van der Waals surface area contributed by atoms with E-state index in [0.29, 0.717) is 19.4 Å². The standard InChI is InChI=1S/C11H21N3O3/c1-14(6-5-10(12)13-16)11(15)8-9-4-2-3-7-17-9/h9,16H,2-8H2,1H3,(H2,12,13). The summed E-state index contributed by atoms with van der Waals surface area (Å²) in [5.41, 5.74) is 5.34. The number of nitrogens with two attached hydrogens (primary N) is 1. The molecule has 1 aliphatic rings. The van der Waals surface area contributed by atoms with Crippen molar-refractivity contribution >= 4 is 11.7 Å². The largest absolute Gasteiger partial charge is 0.409 e. The van der Waals surface area contributed by atoms with Crippen LogP contribution in [0.3, 0.4) is 0 Å². The van der Waals surface area contributed by atoms with E-state index in [1.807, 2.05) is 0 Å². The Balaban J connectivity index is 2.25. The average Bonchev–Trinajstić information content (AvgIpc) is 2.36. The summed E-state index contributed by atoms with van der Waals surface area (Å²) in [6.07, 6.45) is 4.04. The maximum atomic E-state index is 11.8. The first-order valence-corrected chi connectivity index (χ1v) is 5.95. The van der Waals surface area contributed by atoms with Gasteiger partial charge in [-0.15, -0.1) is 0 Å². The van der Waals surface area contributed by atoms with Crippen molar-refractivity contribution in [2.75, 3.05) is 20.2 Å². The van der Waals surface area contributed by atoms with Gasteiger partial charge in [0.2, 0.25) is 5.91 Å². The zero-order chi connectivity index (χ0) is 12.7. The van der Waals surface area contributed by atoms with Crippen LogP contribution in [0.5, 0.6) is 0 Å². The van der Waals surface area contributed by atoms with Gasteiger partial charge >= 0.3 is 0 Å². The third kappa shape index (κ3) is 5.04. The number of carbonyl (C=O) groups is 1. The maximum absolute atomic E-state index is 11.8. The fourth-order valence-electron chi connectivity index (χ4n) is 1.78. The molecule has 0 radical (unpaired) electrons. The van der Waals surface area contributed by atoms with Crippen molar-refractivity contribution in [2.45, 2.75) is 38.2 Å². The molecule has 1 heterocycles. The van der Waals surface area contributed by atoms with Gasteiger partial charge in [-0.2, -0.15) is 0 Å². The molecule has 0 aromatic carbocycles. The highest BCUT2D eigenvalue weighted by Crippen LogP contribution is 2.16. The first kappa shape index (κ1) is 13.8. The summed E-state index contributed by atoms with van der Waals surface area (Å²) in [6.45, 7) is 1.22. The van der Waals surface area contributed by atoms with Crippen LogP contribution in [0, 0.1) is 0 Å². The normalized spacial score (nSPS) is 21.2. The molecule has 0 aromatic rings. The number of rotatable bonds is 5. The van der Waals surface area contributed by atoms with Crippen molar-refractivity contribution in [1.29, 1.82) is 0 Å². The first-order chi connectivity index (χ1) is 8.13. The number of ether oxygens (including phenoxy) is 1. The summed E-state index contributed by atoms with van der Waals surface area (Å²) in [4.78, 5) is 13.4. The number of nitrogens with zero attached hydrogens (tertiary/aromatic N) is 2. The zero-order valence-electron chi connectivity index (χ0n) is 10.3. The topological polar surface area (TPSA) is 88.1 Å². The fourth-order valence-corrected chi connectivity index (χ4v) is 1.78. The van der Waals surface area contributed by atoms with E-state index in [2.05, 4.69) is 5.16 Å². The number of carbonyl (C=O) groups excluding carboxylic acids is 1. The molecule has 1 rings (SSSR count). The van der Waals surface area contributed by atoms with Gasteiger partial charge in [0.1, 0.15) is 5.84 Å². The summed E-state index contributed by atoms with van der Waals surface area (Å²) < 4.78 is 5.51. The molecule has 1 aliphatic heterocycles. The SMILES string of the molecule is CN(CCC(N)=NO)C(=O)CC1CCCCO1. The lowest BCUT2D eigenvalue weighted by atomic mass is 10.1. The van der Waals surface area contributed by atoms with Crippen LogP contribution in [-0.2, 0) is 9.53 Å². The fraction of sp³-hybridized carbons (Fsp3) is 0.818. The molecule has 0 aromatic heterocycles. The van der Waals surface area contributed by atoms with Crippen LogP contribution in [0.4, 0.5) is 0 Å². The van der Waals surface area contributed by atoms with E-state index in [-0.39, 0.29) is 17.8 Å². The van der Waals surface area contributed by atoms with Crippen molar-refractivity contribution in [3.05, 3.63) is 0 Å². The minimum atomic E-state index is 0.0441. The summed E-state index contributed by atoms with van der Waals surface area (Å²) in [6, 6.07) is 0. The van der Waals surface area contributed by atoms with Crippen LogP contribution in [0.25, 0.3) is 0 Å². The van der Waals surface area contributed by atoms with E-state index >= 15 is 0 Å². The Morgan fingerprint density at radius 1 is 1.59 bits per heavy atom. The Kier molecular flexibility index (Phi) is 5.76. The predicted molar refractivity (Wildman–Crippen MR) is 63.9 cm³/mol. The predicted octanol–water partition coefficient (Wildman–Crippen LogP) is 0.540. The number of amides is 1. The zero-order valence-corrected chi connectivity index (χ0v) is 10.3. The second kappa shape index (κ2) is 7.11. The van der Waals surface area contributed by atoms with Gasteiger partial charge in [-0.25, -0.2) is 0 Å². The summed E-state index contributed by atoms with van der Waals surface area (Å²) in [7, 11) is 1.72. The molecule has 98 valence electrons. The van der Waals surface area contributed by atoms with E-state index < -0.39 is 0 Å². The van der Waals surface area contributed by atoms with Crippen LogP contribution in [0.1, 0.15) is 32.1 Å². The molecule has 1 atom stereocenters. The van der Waals surface area contributed by atoms with Gasteiger partial charge in [-0.3, -0.25) is 4.79 Å². The molecule has 3 N–H and O–H groups in total. The van der Waals surface area contributed by atoms with Crippen LogP contribution < -0.4 is 5.73 Å². The third-order valence-electron chi connectivity index (χ3n) is 2.93. The van der Waals surface area contributed by atoms with Gasteiger partial charge in [-0.05, 0) is 19.3 Å². The molecule has 0 bridgehead atoms. The molecule has 6 heteroatoms. The Morgan fingerprint density at radius 2 is 2.35 bits per heavy atom. The lowest BCUT2D eigenvalue weighted by Crippen LogP contribution is -2.34. The summed E-state index contributed by atoms with van der Waals surface area (Å²) >= 11 is 0. The molecule has 0 saturated carbocycles. The molecule has 1 saturated heterocycles. The molecular weight excluding hydrogens is 222 g/mol. The molecule has 17 heavy (non-hydrogen) atoms. The number of amidine groups is 1. The Morgan fingerprint density at radius 3 is 2.94 bits per heavy atom. The van der Waals surface area contributed by atoms with E-state index in [9.17, 15) is 4.79 Å². The van der Waals surface area contributed by atoms with Gasteiger partial charge < -0.3 is 20.6 Å². The molecule has 1 fully saturated rings. The monoisotopic (exact) mass is 243 g/mol. The van der Waals surface area contributed by atoms with Crippen molar-refractivity contribution in [1.82, 2.24) is 4.90 Å². The van der Waals surface area contributed by atoms with Gasteiger partial charge in [0.05, 0.1) is 12.5 Å². The second-order valence-corrected chi connectivity index (χ2v) is 4.35. The Hall–Kier alpha value is -1.30. The van der Waals surface area contributed by atoms with E-state index in [0.717, 1.165) is 25.9 Å². The molecular formula is C11H21N3O3. The summed E-state index contributed by atoms with van der Waals surface area (Å²) in [5, 5.41) is 11.3. The second-order valence-electron chi connectivity index (χ2n) is 4.35. The van der Waals surface area contributed by atoms with Crippen molar-refractivity contribution in [3.8, 4) is 0 Å². The smallest absolute Gasteiger partial charge is 0.224 e. The summed E-state index contributed by atoms with van der Waals surface area (Å²) in [5.74, 6) is 0.182. The maximum Gasteiger partial charge on any atom is 0.224 e.